The quantitative estimate of drug-likeness (QED) is 0.802. The molecule has 0 aliphatic heterocycles. The Hall–Kier alpha value is -2.21. The number of aromatic nitrogens is 2. The average molecular weight is 342 g/mol. The Morgan fingerprint density at radius 3 is 2.56 bits per heavy atom. The molecule has 2 bridgehead atoms. The van der Waals surface area contributed by atoms with Crippen LogP contribution in [0.15, 0.2) is 30.3 Å². The molecule has 1 aromatic carbocycles. The number of hydrogen-bond donors (Lipinski definition) is 3. The van der Waals surface area contributed by atoms with Crippen molar-refractivity contribution in [2.24, 2.45) is 17.6 Å². The summed E-state index contributed by atoms with van der Waals surface area (Å²) in [4.78, 5) is 12.7. The maximum atomic E-state index is 13.0. The van der Waals surface area contributed by atoms with Gasteiger partial charge >= 0.3 is 0 Å². The van der Waals surface area contributed by atoms with Gasteiger partial charge < -0.3 is 11.1 Å². The molecule has 5 nitrogen and oxygen atoms in total. The molecule has 4 rings (SSSR count). The molecule has 6 heteroatoms. The number of aromatic amines is 1. The highest BCUT2D eigenvalue weighted by Crippen LogP contribution is 2.39. The zero-order valence-electron chi connectivity index (χ0n) is 14.0. The Morgan fingerprint density at radius 1 is 1.20 bits per heavy atom. The van der Waals surface area contributed by atoms with Crippen LogP contribution in [0.5, 0.6) is 0 Å². The van der Waals surface area contributed by atoms with Gasteiger partial charge in [0.2, 0.25) is 0 Å². The minimum atomic E-state index is -0.292. The van der Waals surface area contributed by atoms with Gasteiger partial charge in [0.25, 0.3) is 5.91 Å². The molecule has 2 aromatic rings. The lowest BCUT2D eigenvalue weighted by molar-refractivity contribution is 0.0751. The van der Waals surface area contributed by atoms with Crippen molar-refractivity contribution in [1.29, 1.82) is 0 Å². The molecule has 0 saturated heterocycles. The first kappa shape index (κ1) is 16.3. The first-order valence-corrected chi connectivity index (χ1v) is 8.98. The predicted molar refractivity (Wildman–Crippen MR) is 93.3 cm³/mol. The van der Waals surface area contributed by atoms with Crippen molar-refractivity contribution in [2.45, 2.75) is 44.2 Å². The summed E-state index contributed by atoms with van der Waals surface area (Å²) in [5.74, 6) is 0.536. The third kappa shape index (κ3) is 3.31. The Labute approximate surface area is 146 Å². The molecule has 25 heavy (non-hydrogen) atoms. The molecule has 1 heterocycles. The normalized spacial score (nSPS) is 28.6. The topological polar surface area (TPSA) is 83.8 Å². The number of nitrogens with two attached hydrogens (primary N) is 1. The second-order valence-corrected chi connectivity index (χ2v) is 7.36. The Morgan fingerprint density at radius 2 is 1.88 bits per heavy atom. The number of H-pyrrole nitrogens is 1. The standard InChI is InChI=1S/C19H23FN4O/c20-14-6-4-11(5-7-14)16-10-17(24-23-16)19(25)22-18-12-2-1-3-13(18)9-15(21)8-12/h4-7,10,12-13,15,18H,1-3,8-9,21H2,(H,22,25)(H,23,24). The van der Waals surface area contributed by atoms with Crippen molar-refractivity contribution in [1.82, 2.24) is 15.5 Å². The van der Waals surface area contributed by atoms with E-state index in [2.05, 4.69) is 15.5 Å². The van der Waals surface area contributed by atoms with E-state index < -0.39 is 0 Å². The summed E-state index contributed by atoms with van der Waals surface area (Å²) in [5, 5.41) is 10.2. The SMILES string of the molecule is NC1CC2CCCC(C1)C2NC(=O)c1cc(-c2ccc(F)cc2)n[nH]1. The summed E-state index contributed by atoms with van der Waals surface area (Å²) in [6.07, 6.45) is 5.49. The van der Waals surface area contributed by atoms with Crippen LogP contribution in [-0.2, 0) is 0 Å². The Kier molecular flexibility index (Phi) is 4.29. The van der Waals surface area contributed by atoms with Crippen LogP contribution in [0.1, 0.15) is 42.6 Å². The van der Waals surface area contributed by atoms with Gasteiger partial charge in [-0.25, -0.2) is 4.39 Å². The maximum Gasteiger partial charge on any atom is 0.269 e. The number of amides is 1. The molecule has 2 fully saturated rings. The second-order valence-electron chi connectivity index (χ2n) is 7.36. The summed E-state index contributed by atoms with van der Waals surface area (Å²) in [6.45, 7) is 0. The Balaban J connectivity index is 1.47. The minimum absolute atomic E-state index is 0.127. The zero-order chi connectivity index (χ0) is 17.4. The molecule has 4 N–H and O–H groups in total. The van der Waals surface area contributed by atoms with Gasteiger partial charge in [-0.15, -0.1) is 0 Å². The molecule has 0 spiro atoms. The van der Waals surface area contributed by atoms with Gasteiger partial charge in [0, 0.05) is 17.6 Å². The molecule has 0 radical (unpaired) electrons. The van der Waals surface area contributed by atoms with E-state index in [1.807, 2.05) is 0 Å². The monoisotopic (exact) mass is 342 g/mol. The average Bonchev–Trinajstić information content (AvgIpc) is 3.06. The van der Waals surface area contributed by atoms with Crippen LogP contribution in [0.25, 0.3) is 11.3 Å². The molecular weight excluding hydrogens is 319 g/mol. The van der Waals surface area contributed by atoms with Gasteiger partial charge in [-0.05, 0) is 67.9 Å². The van der Waals surface area contributed by atoms with E-state index in [-0.39, 0.29) is 23.8 Å². The minimum Gasteiger partial charge on any atom is -0.347 e. The largest absolute Gasteiger partial charge is 0.347 e. The van der Waals surface area contributed by atoms with Crippen molar-refractivity contribution in [2.75, 3.05) is 0 Å². The van der Waals surface area contributed by atoms with Crippen LogP contribution in [0.2, 0.25) is 0 Å². The molecule has 2 aliphatic rings. The van der Waals surface area contributed by atoms with E-state index in [1.54, 1.807) is 18.2 Å². The first-order chi connectivity index (χ1) is 12.1. The number of carbonyl (C=O) groups is 1. The number of fused-ring (bicyclic) bond motifs is 2. The van der Waals surface area contributed by atoms with Crippen molar-refractivity contribution < 1.29 is 9.18 Å². The molecule has 1 aromatic heterocycles. The van der Waals surface area contributed by atoms with Gasteiger partial charge in [-0.3, -0.25) is 9.89 Å². The molecule has 1 amide bonds. The highest BCUT2D eigenvalue weighted by Gasteiger charge is 2.40. The molecule has 2 unspecified atom stereocenters. The van der Waals surface area contributed by atoms with Gasteiger partial charge in [0.15, 0.2) is 0 Å². The smallest absolute Gasteiger partial charge is 0.269 e. The van der Waals surface area contributed by atoms with E-state index in [4.69, 9.17) is 5.73 Å². The van der Waals surface area contributed by atoms with Crippen molar-refractivity contribution in [3.63, 3.8) is 0 Å². The van der Waals surface area contributed by atoms with Crippen molar-refractivity contribution in [3.8, 4) is 11.3 Å². The number of rotatable bonds is 3. The highest BCUT2D eigenvalue weighted by molar-refractivity contribution is 5.93. The fourth-order valence-electron chi connectivity index (χ4n) is 4.46. The van der Waals surface area contributed by atoms with Gasteiger partial charge in [-0.1, -0.05) is 6.42 Å². The zero-order valence-corrected chi connectivity index (χ0v) is 14.0. The summed E-state index contributed by atoms with van der Waals surface area (Å²) >= 11 is 0. The number of nitrogens with zero attached hydrogens (tertiary/aromatic N) is 1. The molecule has 2 aliphatic carbocycles. The lowest BCUT2D eigenvalue weighted by Crippen LogP contribution is -2.53. The van der Waals surface area contributed by atoms with Crippen LogP contribution < -0.4 is 11.1 Å². The Bertz CT molecular complexity index is 743. The number of nitrogens with one attached hydrogen (secondary N) is 2. The summed E-state index contributed by atoms with van der Waals surface area (Å²) in [6, 6.07) is 8.26. The van der Waals surface area contributed by atoms with Crippen LogP contribution in [0, 0.1) is 17.7 Å². The van der Waals surface area contributed by atoms with Crippen LogP contribution in [0.3, 0.4) is 0 Å². The predicted octanol–water partition coefficient (Wildman–Crippen LogP) is 2.85. The van der Waals surface area contributed by atoms with Gasteiger partial charge in [0.1, 0.15) is 11.5 Å². The molecule has 2 atom stereocenters. The van der Waals surface area contributed by atoms with Gasteiger partial charge in [-0.2, -0.15) is 5.10 Å². The molecular formula is C19H23FN4O. The van der Waals surface area contributed by atoms with E-state index in [1.165, 1.54) is 18.6 Å². The van der Waals surface area contributed by atoms with Crippen LogP contribution >= 0.6 is 0 Å². The number of benzene rings is 1. The van der Waals surface area contributed by atoms with Crippen LogP contribution in [0.4, 0.5) is 4.39 Å². The van der Waals surface area contributed by atoms with Gasteiger partial charge in [0.05, 0.1) is 5.69 Å². The van der Waals surface area contributed by atoms with Crippen LogP contribution in [-0.4, -0.2) is 28.2 Å². The van der Waals surface area contributed by atoms with E-state index in [0.717, 1.165) is 31.2 Å². The molecule has 132 valence electrons. The third-order valence-corrected chi connectivity index (χ3v) is 5.64. The number of halogens is 1. The fraction of sp³-hybridized carbons (Fsp3) is 0.474. The number of hydrogen-bond acceptors (Lipinski definition) is 3. The third-order valence-electron chi connectivity index (χ3n) is 5.64. The maximum absolute atomic E-state index is 13.0. The van der Waals surface area contributed by atoms with E-state index in [0.29, 0.717) is 23.2 Å². The lowest BCUT2D eigenvalue weighted by atomic mass is 9.67. The van der Waals surface area contributed by atoms with Crippen molar-refractivity contribution in [3.05, 3.63) is 41.8 Å². The molecule has 2 saturated carbocycles. The lowest BCUT2D eigenvalue weighted by Gasteiger charge is -2.45. The second kappa shape index (κ2) is 6.59. The summed E-state index contributed by atoms with van der Waals surface area (Å²) in [5.41, 5.74) is 8.00. The van der Waals surface area contributed by atoms with Crippen molar-refractivity contribution >= 4 is 5.91 Å². The first-order valence-electron chi connectivity index (χ1n) is 8.98. The van der Waals surface area contributed by atoms with E-state index in [9.17, 15) is 9.18 Å². The summed E-state index contributed by atoms with van der Waals surface area (Å²) in [7, 11) is 0. The summed E-state index contributed by atoms with van der Waals surface area (Å²) < 4.78 is 13.0. The van der Waals surface area contributed by atoms with E-state index >= 15 is 0 Å². The highest BCUT2D eigenvalue weighted by atomic mass is 19.1. The fourth-order valence-corrected chi connectivity index (χ4v) is 4.46. The number of carbonyl (C=O) groups excluding carboxylic acids is 1.